The van der Waals surface area contributed by atoms with E-state index < -0.39 is 0 Å². The molecule has 0 N–H and O–H groups in total. The van der Waals surface area contributed by atoms with Gasteiger partial charge in [-0.25, -0.2) is 4.98 Å². The quantitative estimate of drug-likeness (QED) is 0.566. The molecule has 1 atom stereocenters. The third-order valence-corrected chi connectivity index (χ3v) is 7.86. The molecule has 0 spiro atoms. The molecule has 1 unspecified atom stereocenters. The van der Waals surface area contributed by atoms with Crippen molar-refractivity contribution < 1.29 is 0 Å². The Hall–Kier alpha value is -1.83. The van der Waals surface area contributed by atoms with Gasteiger partial charge in [0.2, 0.25) is 0 Å². The van der Waals surface area contributed by atoms with Crippen LogP contribution in [0.15, 0.2) is 42.7 Å². The number of nitrogens with zero attached hydrogens (tertiary/aromatic N) is 2. The number of aromatic nitrogens is 2. The lowest BCUT2D eigenvalue weighted by molar-refractivity contribution is -0.0780. The summed E-state index contributed by atoms with van der Waals surface area (Å²) in [5, 5.41) is 2.58. The first-order valence-corrected chi connectivity index (χ1v) is 10.1. The van der Waals surface area contributed by atoms with Crippen molar-refractivity contribution in [3.8, 4) is 0 Å². The lowest BCUT2D eigenvalue weighted by Crippen LogP contribution is -2.49. The third-order valence-electron chi connectivity index (χ3n) is 7.86. The van der Waals surface area contributed by atoms with Gasteiger partial charge >= 0.3 is 0 Å². The van der Waals surface area contributed by atoms with Crippen molar-refractivity contribution in [3.05, 3.63) is 42.7 Å². The van der Waals surface area contributed by atoms with Gasteiger partial charge in [0.05, 0.1) is 17.4 Å². The zero-order valence-electron chi connectivity index (χ0n) is 15.0. The Morgan fingerprint density at radius 1 is 0.960 bits per heavy atom. The number of hydrogen-bond donors (Lipinski definition) is 0. The SMILES string of the molecule is CC(n1cnc2c3ccccc3ccc21)C12CC3CC(CC(C3)C1)C2. The van der Waals surface area contributed by atoms with Gasteiger partial charge in [0, 0.05) is 11.4 Å². The molecule has 4 aliphatic carbocycles. The van der Waals surface area contributed by atoms with Crippen molar-refractivity contribution in [2.24, 2.45) is 23.2 Å². The van der Waals surface area contributed by atoms with E-state index in [1.807, 2.05) is 0 Å². The summed E-state index contributed by atoms with van der Waals surface area (Å²) in [6.07, 6.45) is 11.0. The van der Waals surface area contributed by atoms with Crippen molar-refractivity contribution >= 4 is 21.8 Å². The highest BCUT2D eigenvalue weighted by atomic mass is 15.1. The van der Waals surface area contributed by atoms with E-state index in [2.05, 4.69) is 54.2 Å². The molecule has 0 saturated heterocycles. The Morgan fingerprint density at radius 3 is 2.36 bits per heavy atom. The second kappa shape index (κ2) is 4.87. The molecule has 0 aliphatic heterocycles. The molecule has 4 saturated carbocycles. The second-order valence-electron chi connectivity index (χ2n) is 9.26. The van der Waals surface area contributed by atoms with Crippen LogP contribution in [0.5, 0.6) is 0 Å². The average Bonchev–Trinajstić information content (AvgIpc) is 3.04. The molecular formula is C23H26N2. The van der Waals surface area contributed by atoms with Crippen molar-refractivity contribution in [1.29, 1.82) is 0 Å². The Labute approximate surface area is 149 Å². The van der Waals surface area contributed by atoms with E-state index >= 15 is 0 Å². The standard InChI is InChI=1S/C23H26N2/c1-15(23-11-16-8-17(12-23)10-18(9-16)13-23)25-14-24-22-20-5-3-2-4-19(20)6-7-21(22)25/h2-7,14-18H,8-13H2,1H3. The Morgan fingerprint density at radius 2 is 1.64 bits per heavy atom. The average molecular weight is 330 g/mol. The van der Waals surface area contributed by atoms with Crippen LogP contribution in [-0.4, -0.2) is 9.55 Å². The Kier molecular flexibility index (Phi) is 2.80. The van der Waals surface area contributed by atoms with Crippen LogP contribution in [0, 0.1) is 23.2 Å². The van der Waals surface area contributed by atoms with Crippen molar-refractivity contribution in [2.45, 2.75) is 51.5 Å². The minimum Gasteiger partial charge on any atom is -0.327 e. The lowest BCUT2D eigenvalue weighted by Gasteiger charge is -2.59. The van der Waals surface area contributed by atoms with E-state index in [1.165, 1.54) is 60.3 Å². The molecule has 7 rings (SSSR count). The van der Waals surface area contributed by atoms with Gasteiger partial charge < -0.3 is 4.57 Å². The summed E-state index contributed by atoms with van der Waals surface area (Å²) in [6.45, 7) is 2.48. The highest BCUT2D eigenvalue weighted by Crippen LogP contribution is 2.63. The molecule has 2 heteroatoms. The first-order chi connectivity index (χ1) is 12.2. The number of rotatable bonds is 2. The van der Waals surface area contributed by atoms with Crippen molar-refractivity contribution in [1.82, 2.24) is 9.55 Å². The maximum absolute atomic E-state index is 4.86. The first kappa shape index (κ1) is 14.4. The predicted molar refractivity (Wildman–Crippen MR) is 103 cm³/mol. The van der Waals surface area contributed by atoms with E-state index in [4.69, 9.17) is 4.98 Å². The van der Waals surface area contributed by atoms with E-state index in [1.54, 1.807) is 0 Å². The van der Waals surface area contributed by atoms with E-state index in [-0.39, 0.29) is 0 Å². The molecule has 2 aromatic carbocycles. The summed E-state index contributed by atoms with van der Waals surface area (Å²) in [7, 11) is 0. The lowest BCUT2D eigenvalue weighted by atomic mass is 9.48. The Balaban J connectivity index is 1.48. The van der Waals surface area contributed by atoms with Crippen molar-refractivity contribution in [3.63, 3.8) is 0 Å². The number of fused-ring (bicyclic) bond motifs is 3. The van der Waals surface area contributed by atoms with Gasteiger partial charge in [0.25, 0.3) is 0 Å². The van der Waals surface area contributed by atoms with Gasteiger partial charge in [0.1, 0.15) is 0 Å². The monoisotopic (exact) mass is 330 g/mol. The second-order valence-corrected chi connectivity index (χ2v) is 9.26. The van der Waals surface area contributed by atoms with Crippen LogP contribution in [-0.2, 0) is 0 Å². The molecule has 4 aliphatic rings. The number of benzene rings is 2. The fourth-order valence-electron chi connectivity index (χ4n) is 7.06. The fourth-order valence-corrected chi connectivity index (χ4v) is 7.06. The van der Waals surface area contributed by atoms with Crippen LogP contribution in [0.2, 0.25) is 0 Å². The summed E-state index contributed by atoms with van der Waals surface area (Å²) >= 11 is 0. The van der Waals surface area contributed by atoms with Crippen LogP contribution >= 0.6 is 0 Å². The zero-order chi connectivity index (χ0) is 16.6. The van der Waals surface area contributed by atoms with Crippen LogP contribution < -0.4 is 0 Å². The van der Waals surface area contributed by atoms with Gasteiger partial charge in [0.15, 0.2) is 0 Å². The van der Waals surface area contributed by atoms with Gasteiger partial charge in [-0.1, -0.05) is 30.3 Å². The maximum atomic E-state index is 4.86. The van der Waals surface area contributed by atoms with Crippen LogP contribution in [0.4, 0.5) is 0 Å². The number of hydrogen-bond acceptors (Lipinski definition) is 1. The molecule has 1 aromatic heterocycles. The molecule has 128 valence electrons. The molecule has 4 fully saturated rings. The zero-order valence-corrected chi connectivity index (χ0v) is 15.0. The maximum Gasteiger partial charge on any atom is 0.0963 e. The van der Waals surface area contributed by atoms with E-state index in [0.717, 1.165) is 17.8 Å². The van der Waals surface area contributed by atoms with Gasteiger partial charge in [-0.05, 0) is 80.1 Å². The molecular weight excluding hydrogens is 304 g/mol. The largest absolute Gasteiger partial charge is 0.327 e. The predicted octanol–water partition coefficient (Wildman–Crippen LogP) is 5.97. The Bertz CT molecular complexity index is 931. The summed E-state index contributed by atoms with van der Waals surface area (Å²) in [5.41, 5.74) is 3.02. The first-order valence-electron chi connectivity index (χ1n) is 10.1. The fraction of sp³-hybridized carbons (Fsp3) is 0.522. The van der Waals surface area contributed by atoms with Crippen LogP contribution in [0.3, 0.4) is 0 Å². The summed E-state index contributed by atoms with van der Waals surface area (Å²) in [4.78, 5) is 4.86. The van der Waals surface area contributed by atoms with Crippen molar-refractivity contribution in [2.75, 3.05) is 0 Å². The van der Waals surface area contributed by atoms with Gasteiger partial charge in [-0.2, -0.15) is 0 Å². The molecule has 4 bridgehead atoms. The topological polar surface area (TPSA) is 17.8 Å². The summed E-state index contributed by atoms with van der Waals surface area (Å²) in [5.74, 6) is 3.01. The normalized spacial score (nSPS) is 34.8. The molecule has 2 nitrogen and oxygen atoms in total. The smallest absolute Gasteiger partial charge is 0.0963 e. The molecule has 1 heterocycles. The molecule has 0 radical (unpaired) electrons. The summed E-state index contributed by atoms with van der Waals surface area (Å²) < 4.78 is 2.51. The van der Waals surface area contributed by atoms with E-state index in [9.17, 15) is 0 Å². The highest BCUT2D eigenvalue weighted by Gasteiger charge is 2.53. The van der Waals surface area contributed by atoms with Crippen LogP contribution in [0.25, 0.3) is 21.8 Å². The van der Waals surface area contributed by atoms with Crippen LogP contribution in [0.1, 0.15) is 51.5 Å². The van der Waals surface area contributed by atoms with Gasteiger partial charge in [-0.15, -0.1) is 0 Å². The summed E-state index contributed by atoms with van der Waals surface area (Å²) in [6, 6.07) is 13.8. The molecule has 25 heavy (non-hydrogen) atoms. The minimum absolute atomic E-state index is 0.522. The minimum atomic E-state index is 0.522. The van der Waals surface area contributed by atoms with E-state index in [0.29, 0.717) is 11.5 Å². The highest BCUT2D eigenvalue weighted by molar-refractivity contribution is 6.04. The molecule has 3 aromatic rings. The molecule has 0 amide bonds. The number of imidazole rings is 1. The third kappa shape index (κ3) is 1.94. The van der Waals surface area contributed by atoms with Gasteiger partial charge in [-0.3, -0.25) is 0 Å².